The van der Waals surface area contributed by atoms with Crippen molar-refractivity contribution in [3.05, 3.63) is 0 Å². The Bertz CT molecular complexity index is 422. The first kappa shape index (κ1) is 16.9. The summed E-state index contributed by atoms with van der Waals surface area (Å²) in [4.78, 5) is 22.2. The van der Waals surface area contributed by atoms with Crippen molar-refractivity contribution in [1.29, 1.82) is 0 Å². The van der Waals surface area contributed by atoms with Gasteiger partial charge in [0.25, 0.3) is 0 Å². The number of rotatable bonds is 5. The van der Waals surface area contributed by atoms with Gasteiger partial charge < -0.3 is 9.84 Å². The van der Waals surface area contributed by atoms with E-state index >= 15 is 0 Å². The third kappa shape index (κ3) is 4.26. The van der Waals surface area contributed by atoms with Gasteiger partial charge >= 0.3 is 11.9 Å². The summed E-state index contributed by atoms with van der Waals surface area (Å²) in [5.41, 5.74) is -0.825. The minimum Gasteiger partial charge on any atom is -0.480 e. The molecule has 0 aromatic heterocycles. The first-order chi connectivity index (χ1) is 7.93. The van der Waals surface area contributed by atoms with E-state index in [0.29, 0.717) is 0 Å². The van der Waals surface area contributed by atoms with Crippen LogP contribution in [0.1, 0.15) is 27.7 Å². The van der Waals surface area contributed by atoms with Crippen molar-refractivity contribution in [3.63, 3.8) is 0 Å². The molecule has 7 nitrogen and oxygen atoms in total. The van der Waals surface area contributed by atoms with E-state index < -0.39 is 38.7 Å². The standard InChI is InChI=1S/C10H19NO6S/c1-6(9(14)17-5)18(15,16)11-7(8(12)13)10(2,3)4/h6-7,11H,1-5H3,(H,12,13)/t6?,7-/m1/s1. The highest BCUT2D eigenvalue weighted by Crippen LogP contribution is 2.21. The van der Waals surface area contributed by atoms with Crippen LogP contribution in [0.3, 0.4) is 0 Å². The van der Waals surface area contributed by atoms with Crippen molar-refractivity contribution >= 4 is 22.0 Å². The maximum absolute atomic E-state index is 11.8. The second-order valence-corrected chi connectivity index (χ2v) is 7.00. The van der Waals surface area contributed by atoms with E-state index in [9.17, 15) is 18.0 Å². The van der Waals surface area contributed by atoms with Crippen molar-refractivity contribution in [2.45, 2.75) is 39.0 Å². The number of carboxylic acids is 1. The lowest BCUT2D eigenvalue weighted by atomic mass is 9.88. The molecule has 106 valence electrons. The summed E-state index contributed by atoms with van der Waals surface area (Å²) in [5.74, 6) is -2.25. The second-order valence-electron chi connectivity index (χ2n) is 4.97. The van der Waals surface area contributed by atoms with Gasteiger partial charge in [0, 0.05) is 0 Å². The zero-order valence-corrected chi connectivity index (χ0v) is 11.9. The number of nitrogens with one attached hydrogen (secondary N) is 1. The molecule has 0 aliphatic heterocycles. The van der Waals surface area contributed by atoms with E-state index in [1.54, 1.807) is 20.8 Å². The van der Waals surface area contributed by atoms with Crippen LogP contribution in [0.15, 0.2) is 0 Å². The van der Waals surface area contributed by atoms with Gasteiger partial charge in [0.1, 0.15) is 6.04 Å². The van der Waals surface area contributed by atoms with Crippen LogP contribution in [0.2, 0.25) is 0 Å². The highest BCUT2D eigenvalue weighted by atomic mass is 32.2. The molecule has 0 saturated heterocycles. The molecule has 0 aliphatic rings. The van der Waals surface area contributed by atoms with Gasteiger partial charge in [-0.3, -0.25) is 9.59 Å². The van der Waals surface area contributed by atoms with Crippen molar-refractivity contribution < 1.29 is 27.9 Å². The molecule has 0 aromatic rings. The fourth-order valence-corrected chi connectivity index (χ4v) is 2.49. The molecular weight excluding hydrogens is 262 g/mol. The molecule has 0 saturated carbocycles. The number of hydrogen-bond acceptors (Lipinski definition) is 5. The maximum Gasteiger partial charge on any atom is 0.325 e. The van der Waals surface area contributed by atoms with Crippen LogP contribution in [0.5, 0.6) is 0 Å². The summed E-state index contributed by atoms with van der Waals surface area (Å²) in [6.45, 7) is 5.88. The third-order valence-electron chi connectivity index (χ3n) is 2.39. The van der Waals surface area contributed by atoms with Crippen LogP contribution in [0.25, 0.3) is 0 Å². The predicted octanol–water partition coefficient (Wildman–Crippen LogP) is -0.0334. The summed E-state index contributed by atoms with van der Waals surface area (Å²) in [6, 6.07) is -1.32. The summed E-state index contributed by atoms with van der Waals surface area (Å²) in [7, 11) is -3.04. The number of carboxylic acid groups (broad SMARTS) is 1. The molecule has 0 bridgehead atoms. The smallest absolute Gasteiger partial charge is 0.325 e. The molecule has 0 aliphatic carbocycles. The lowest BCUT2D eigenvalue weighted by molar-refractivity contribution is -0.142. The number of methoxy groups -OCH3 is 1. The SMILES string of the molecule is COC(=O)C(C)S(=O)(=O)N[C@H](C(=O)O)C(C)(C)C. The Morgan fingerprint density at radius 3 is 2.00 bits per heavy atom. The van der Waals surface area contributed by atoms with Gasteiger partial charge in [-0.25, -0.2) is 8.42 Å². The van der Waals surface area contributed by atoms with Crippen LogP contribution in [-0.2, 0) is 24.3 Å². The van der Waals surface area contributed by atoms with E-state index in [-0.39, 0.29) is 0 Å². The Morgan fingerprint density at radius 2 is 1.72 bits per heavy atom. The lowest BCUT2D eigenvalue weighted by Gasteiger charge is -2.28. The third-order valence-corrected chi connectivity index (χ3v) is 4.08. The number of hydrogen-bond donors (Lipinski definition) is 2. The van der Waals surface area contributed by atoms with Gasteiger partial charge in [-0.2, -0.15) is 4.72 Å². The number of sulfonamides is 1. The van der Waals surface area contributed by atoms with Crippen molar-refractivity contribution in [2.24, 2.45) is 5.41 Å². The van der Waals surface area contributed by atoms with Crippen LogP contribution in [0, 0.1) is 5.41 Å². The largest absolute Gasteiger partial charge is 0.480 e. The van der Waals surface area contributed by atoms with E-state index in [1.165, 1.54) is 0 Å². The van der Waals surface area contributed by atoms with Crippen molar-refractivity contribution in [1.82, 2.24) is 4.72 Å². The second kappa shape index (κ2) is 5.66. The summed E-state index contributed by atoms with van der Waals surface area (Å²) < 4.78 is 30.0. The summed E-state index contributed by atoms with van der Waals surface area (Å²) >= 11 is 0. The Hall–Kier alpha value is -1.15. The molecule has 1 unspecified atom stereocenters. The highest BCUT2D eigenvalue weighted by Gasteiger charge is 2.38. The van der Waals surface area contributed by atoms with Crippen LogP contribution >= 0.6 is 0 Å². The zero-order valence-electron chi connectivity index (χ0n) is 11.1. The number of carbonyl (C=O) groups excluding carboxylic acids is 1. The number of ether oxygens (including phenoxy) is 1. The highest BCUT2D eigenvalue weighted by molar-refractivity contribution is 7.90. The van der Waals surface area contributed by atoms with Gasteiger partial charge in [0.2, 0.25) is 10.0 Å². The first-order valence-electron chi connectivity index (χ1n) is 5.25. The van der Waals surface area contributed by atoms with Gasteiger partial charge in [-0.15, -0.1) is 0 Å². The monoisotopic (exact) mass is 281 g/mol. The number of aliphatic carboxylic acids is 1. The molecule has 0 amide bonds. The Balaban J connectivity index is 5.17. The van der Waals surface area contributed by atoms with Crippen molar-refractivity contribution in [2.75, 3.05) is 7.11 Å². The molecule has 0 rings (SSSR count). The van der Waals surface area contributed by atoms with Crippen LogP contribution in [0.4, 0.5) is 0 Å². The Labute approximate surface area is 107 Å². The van der Waals surface area contributed by atoms with Gasteiger partial charge in [-0.05, 0) is 12.3 Å². The number of esters is 1. The molecule has 0 fully saturated rings. The Morgan fingerprint density at radius 1 is 1.28 bits per heavy atom. The average Bonchev–Trinajstić information content (AvgIpc) is 2.21. The number of carbonyl (C=O) groups is 2. The van der Waals surface area contributed by atoms with E-state index in [0.717, 1.165) is 14.0 Å². The minimum atomic E-state index is -4.10. The van der Waals surface area contributed by atoms with Gasteiger partial charge in [-0.1, -0.05) is 20.8 Å². The van der Waals surface area contributed by atoms with E-state index in [4.69, 9.17) is 5.11 Å². The quantitative estimate of drug-likeness (QED) is 0.685. The normalized spacial score (nSPS) is 15.8. The van der Waals surface area contributed by atoms with Gasteiger partial charge in [0.05, 0.1) is 7.11 Å². The van der Waals surface area contributed by atoms with E-state index in [1.807, 2.05) is 4.72 Å². The molecule has 0 heterocycles. The molecule has 8 heteroatoms. The molecule has 2 N–H and O–H groups in total. The summed E-state index contributed by atoms with van der Waals surface area (Å²) in [5, 5.41) is 7.54. The molecule has 0 spiro atoms. The first-order valence-corrected chi connectivity index (χ1v) is 6.80. The predicted molar refractivity (Wildman–Crippen MR) is 64.4 cm³/mol. The average molecular weight is 281 g/mol. The molecular formula is C10H19NO6S. The van der Waals surface area contributed by atoms with Crippen LogP contribution < -0.4 is 4.72 Å². The van der Waals surface area contributed by atoms with E-state index in [2.05, 4.69) is 4.74 Å². The maximum atomic E-state index is 11.8. The lowest BCUT2D eigenvalue weighted by Crippen LogP contribution is -2.52. The fraction of sp³-hybridized carbons (Fsp3) is 0.800. The topological polar surface area (TPSA) is 110 Å². The molecule has 2 atom stereocenters. The zero-order chi connectivity index (χ0) is 14.7. The Kier molecular flexibility index (Phi) is 5.30. The molecule has 0 radical (unpaired) electrons. The fourth-order valence-electron chi connectivity index (χ4n) is 1.16. The summed E-state index contributed by atoms with van der Waals surface area (Å²) in [6.07, 6.45) is 0. The minimum absolute atomic E-state index is 0.825. The van der Waals surface area contributed by atoms with Gasteiger partial charge in [0.15, 0.2) is 5.25 Å². The molecule has 0 aromatic carbocycles. The van der Waals surface area contributed by atoms with Crippen molar-refractivity contribution in [3.8, 4) is 0 Å². The molecule has 18 heavy (non-hydrogen) atoms. The van der Waals surface area contributed by atoms with Crippen LogP contribution in [-0.4, -0.2) is 43.9 Å².